The molecule has 0 saturated heterocycles. The van der Waals surface area contributed by atoms with E-state index in [2.05, 4.69) is 0 Å². The van der Waals surface area contributed by atoms with Crippen LogP contribution >= 0.6 is 34.8 Å². The minimum atomic E-state index is -4.71. The maximum atomic E-state index is 12.7. The van der Waals surface area contributed by atoms with Crippen molar-refractivity contribution in [2.24, 2.45) is 0 Å². The van der Waals surface area contributed by atoms with Gasteiger partial charge in [-0.3, -0.25) is 4.79 Å². The Morgan fingerprint density at radius 2 is 1.67 bits per heavy atom. The number of carboxylic acids is 1. The van der Waals surface area contributed by atoms with Gasteiger partial charge in [0, 0.05) is 0 Å². The second-order valence-corrected chi connectivity index (χ2v) is 4.68. The third-order valence-corrected chi connectivity index (χ3v) is 3.38. The van der Waals surface area contributed by atoms with Crippen molar-refractivity contribution < 1.29 is 23.1 Å². The molecule has 0 aliphatic rings. The van der Waals surface area contributed by atoms with Crippen LogP contribution in [0.1, 0.15) is 17.9 Å². The average molecular weight is 322 g/mol. The van der Waals surface area contributed by atoms with Crippen LogP contribution in [0.15, 0.2) is 12.1 Å². The molecule has 0 bridgehead atoms. The number of rotatable bonds is 3. The zero-order valence-corrected chi connectivity index (χ0v) is 10.8. The Hall–Kier alpha value is -0.650. The van der Waals surface area contributed by atoms with Crippen LogP contribution in [-0.2, 0) is 4.79 Å². The molecule has 1 unspecified atom stereocenters. The van der Waals surface area contributed by atoms with Crippen LogP contribution in [0.4, 0.5) is 13.2 Å². The summed E-state index contributed by atoms with van der Waals surface area (Å²) in [6, 6.07) is 1.94. The van der Waals surface area contributed by atoms with Crippen molar-refractivity contribution in [2.75, 3.05) is 0 Å². The fourth-order valence-electron chi connectivity index (χ4n) is 1.37. The van der Waals surface area contributed by atoms with Crippen molar-refractivity contribution >= 4 is 40.8 Å². The molecule has 2 nitrogen and oxygen atoms in total. The Morgan fingerprint density at radius 3 is 2.00 bits per heavy atom. The first-order valence-electron chi connectivity index (χ1n) is 4.56. The Balaban J connectivity index is 3.26. The highest BCUT2D eigenvalue weighted by Crippen LogP contribution is 2.41. The molecule has 1 N–H and O–H groups in total. The van der Waals surface area contributed by atoms with E-state index in [9.17, 15) is 18.0 Å². The molecule has 0 radical (unpaired) electrons. The van der Waals surface area contributed by atoms with Gasteiger partial charge in [0.05, 0.1) is 27.4 Å². The zero-order valence-electron chi connectivity index (χ0n) is 8.56. The van der Waals surface area contributed by atoms with Crippen LogP contribution in [0.25, 0.3) is 0 Å². The summed E-state index contributed by atoms with van der Waals surface area (Å²) in [5, 5.41) is 8.13. The van der Waals surface area contributed by atoms with Crippen molar-refractivity contribution in [3.63, 3.8) is 0 Å². The molecule has 18 heavy (non-hydrogen) atoms. The number of alkyl halides is 3. The van der Waals surface area contributed by atoms with Gasteiger partial charge in [-0.2, -0.15) is 13.2 Å². The molecular weight excluding hydrogens is 315 g/mol. The molecule has 1 aromatic carbocycles. The Kier molecular flexibility index (Phi) is 4.75. The lowest BCUT2D eigenvalue weighted by molar-refractivity contribution is -0.163. The highest BCUT2D eigenvalue weighted by atomic mass is 35.5. The van der Waals surface area contributed by atoms with Crippen LogP contribution in [0, 0.1) is 0 Å². The van der Waals surface area contributed by atoms with E-state index < -0.39 is 24.5 Å². The Bertz CT molecular complexity index is 451. The van der Waals surface area contributed by atoms with Gasteiger partial charge in [0.15, 0.2) is 0 Å². The molecule has 0 aromatic heterocycles. The van der Waals surface area contributed by atoms with Gasteiger partial charge in [0.2, 0.25) is 0 Å². The second-order valence-electron chi connectivity index (χ2n) is 3.49. The SMILES string of the molecule is O=C(O)CC(c1cc(Cl)c(Cl)c(Cl)c1)C(F)(F)F. The summed E-state index contributed by atoms with van der Waals surface area (Å²) in [5.41, 5.74) is -0.329. The van der Waals surface area contributed by atoms with Crippen LogP contribution < -0.4 is 0 Å². The van der Waals surface area contributed by atoms with Crippen LogP contribution in [0.5, 0.6) is 0 Å². The molecule has 1 aromatic rings. The maximum Gasteiger partial charge on any atom is 0.396 e. The Labute approximate surface area is 115 Å². The largest absolute Gasteiger partial charge is 0.481 e. The predicted octanol–water partition coefficient (Wildman–Crippen LogP) is 4.77. The van der Waals surface area contributed by atoms with Gasteiger partial charge in [0.25, 0.3) is 0 Å². The van der Waals surface area contributed by atoms with Crippen molar-refractivity contribution in [1.29, 1.82) is 0 Å². The van der Waals surface area contributed by atoms with Crippen molar-refractivity contribution in [3.05, 3.63) is 32.8 Å². The van der Waals surface area contributed by atoms with E-state index in [4.69, 9.17) is 39.9 Å². The number of hydrogen-bond donors (Lipinski definition) is 1. The number of carbonyl (C=O) groups is 1. The second kappa shape index (κ2) is 5.55. The summed E-state index contributed by atoms with van der Waals surface area (Å²) in [7, 11) is 0. The van der Waals surface area contributed by atoms with E-state index in [-0.39, 0.29) is 20.6 Å². The first-order valence-corrected chi connectivity index (χ1v) is 5.69. The fourth-order valence-corrected chi connectivity index (χ4v) is 1.99. The number of benzene rings is 1. The molecule has 1 atom stereocenters. The molecule has 0 heterocycles. The predicted molar refractivity (Wildman–Crippen MR) is 62.5 cm³/mol. The lowest BCUT2D eigenvalue weighted by atomic mass is 9.95. The third kappa shape index (κ3) is 3.67. The van der Waals surface area contributed by atoms with E-state index in [1.54, 1.807) is 0 Å². The van der Waals surface area contributed by atoms with E-state index in [1.165, 1.54) is 0 Å². The summed E-state index contributed by atoms with van der Waals surface area (Å²) in [6.45, 7) is 0. The number of carboxylic acid groups (broad SMARTS) is 1. The molecule has 100 valence electrons. The van der Waals surface area contributed by atoms with Crippen molar-refractivity contribution in [1.82, 2.24) is 0 Å². The molecular formula is C10H6Cl3F3O2. The van der Waals surface area contributed by atoms with Gasteiger partial charge in [-0.15, -0.1) is 0 Å². The number of halogens is 6. The monoisotopic (exact) mass is 320 g/mol. The van der Waals surface area contributed by atoms with Crippen molar-refractivity contribution in [2.45, 2.75) is 18.5 Å². The molecule has 0 saturated carbocycles. The highest BCUT2D eigenvalue weighted by Gasteiger charge is 2.42. The van der Waals surface area contributed by atoms with E-state index in [1.807, 2.05) is 0 Å². The number of hydrogen-bond acceptors (Lipinski definition) is 1. The summed E-state index contributed by atoms with van der Waals surface area (Å²) < 4.78 is 38.2. The molecule has 0 amide bonds. The molecule has 0 aliphatic carbocycles. The maximum absolute atomic E-state index is 12.7. The highest BCUT2D eigenvalue weighted by molar-refractivity contribution is 6.48. The molecule has 0 aliphatic heterocycles. The lowest BCUT2D eigenvalue weighted by Crippen LogP contribution is -2.23. The number of aliphatic carboxylic acids is 1. The van der Waals surface area contributed by atoms with Gasteiger partial charge in [-0.05, 0) is 17.7 Å². The third-order valence-electron chi connectivity index (χ3n) is 2.18. The van der Waals surface area contributed by atoms with Crippen LogP contribution in [-0.4, -0.2) is 17.3 Å². The molecule has 0 fully saturated rings. The molecule has 8 heteroatoms. The van der Waals surface area contributed by atoms with E-state index >= 15 is 0 Å². The van der Waals surface area contributed by atoms with Gasteiger partial charge >= 0.3 is 12.1 Å². The van der Waals surface area contributed by atoms with Gasteiger partial charge in [0.1, 0.15) is 0 Å². The van der Waals surface area contributed by atoms with Crippen molar-refractivity contribution in [3.8, 4) is 0 Å². The molecule has 1 rings (SSSR count). The van der Waals surface area contributed by atoms with Crippen LogP contribution in [0.2, 0.25) is 15.1 Å². The topological polar surface area (TPSA) is 37.3 Å². The minimum Gasteiger partial charge on any atom is -0.481 e. The van der Waals surface area contributed by atoms with Gasteiger partial charge < -0.3 is 5.11 Å². The standard InChI is InChI=1S/C10H6Cl3F3O2/c11-6-1-4(2-7(12)9(6)13)5(3-8(17)18)10(14,15)16/h1-2,5H,3H2,(H,17,18). The Morgan fingerprint density at radius 1 is 1.22 bits per heavy atom. The first-order chi connectivity index (χ1) is 8.12. The first kappa shape index (κ1) is 15.4. The summed E-state index contributed by atoms with van der Waals surface area (Å²) in [4.78, 5) is 10.5. The minimum absolute atomic E-state index is 0.0710. The van der Waals surface area contributed by atoms with E-state index in [0.717, 1.165) is 12.1 Å². The lowest BCUT2D eigenvalue weighted by Gasteiger charge is -2.19. The fraction of sp³-hybridized carbons (Fsp3) is 0.300. The zero-order chi connectivity index (χ0) is 14.1. The summed E-state index contributed by atoms with van der Waals surface area (Å²) in [5.74, 6) is -3.75. The molecule has 0 spiro atoms. The smallest absolute Gasteiger partial charge is 0.396 e. The normalized spacial score (nSPS) is 13.4. The van der Waals surface area contributed by atoms with Gasteiger partial charge in [-0.1, -0.05) is 34.8 Å². The van der Waals surface area contributed by atoms with Crippen LogP contribution in [0.3, 0.4) is 0 Å². The van der Waals surface area contributed by atoms with E-state index in [0.29, 0.717) is 0 Å². The summed E-state index contributed by atoms with van der Waals surface area (Å²) >= 11 is 16.9. The quantitative estimate of drug-likeness (QED) is 0.814. The average Bonchev–Trinajstić information content (AvgIpc) is 2.20. The summed E-state index contributed by atoms with van der Waals surface area (Å²) in [6.07, 6.45) is -5.81. The van der Waals surface area contributed by atoms with Gasteiger partial charge in [-0.25, -0.2) is 0 Å².